The van der Waals surface area contributed by atoms with Crippen LogP contribution in [-0.2, 0) is 28.6 Å². The highest BCUT2D eigenvalue weighted by atomic mass is 16.6. The third-order valence-corrected chi connectivity index (χ3v) is 15.9. The fraction of sp³-hybridized carbons (Fsp3) is 0.803. The fourth-order valence-corrected chi connectivity index (χ4v) is 10.6. The molecule has 6 heteroatoms. The quantitative estimate of drug-likeness (QED) is 0.0261. The normalized spacial score (nSPS) is 12.5. The van der Waals surface area contributed by atoms with Crippen LogP contribution in [-0.4, -0.2) is 37.2 Å². The number of allylic oxidation sites excluding steroid dienone is 12. The summed E-state index contributed by atoms with van der Waals surface area (Å²) in [7, 11) is 0. The lowest BCUT2D eigenvalue weighted by Crippen LogP contribution is -2.30. The first-order valence-corrected chi connectivity index (χ1v) is 35.9. The number of unbranched alkanes of at least 4 members (excludes halogenated alkanes) is 43. The van der Waals surface area contributed by atoms with E-state index in [1.165, 1.54) is 244 Å². The van der Waals surface area contributed by atoms with Gasteiger partial charge in [0.05, 0.1) is 0 Å². The topological polar surface area (TPSA) is 78.9 Å². The van der Waals surface area contributed by atoms with Crippen LogP contribution >= 0.6 is 0 Å². The van der Waals surface area contributed by atoms with Crippen LogP contribution in [0.1, 0.15) is 374 Å². The summed E-state index contributed by atoms with van der Waals surface area (Å²) < 4.78 is 17.0. The molecule has 0 aromatic heterocycles. The second-order valence-corrected chi connectivity index (χ2v) is 24.1. The van der Waals surface area contributed by atoms with Crippen molar-refractivity contribution in [3.05, 3.63) is 72.9 Å². The second kappa shape index (κ2) is 70.3. The van der Waals surface area contributed by atoms with Crippen LogP contribution in [0.25, 0.3) is 0 Å². The Labute approximate surface area is 510 Å². The van der Waals surface area contributed by atoms with Crippen molar-refractivity contribution < 1.29 is 28.6 Å². The summed E-state index contributed by atoms with van der Waals surface area (Å²) in [4.78, 5) is 38.5. The summed E-state index contributed by atoms with van der Waals surface area (Å²) >= 11 is 0. The molecule has 0 fully saturated rings. The molecule has 0 spiro atoms. The molecule has 476 valence electrons. The van der Waals surface area contributed by atoms with Gasteiger partial charge in [-0.1, -0.05) is 338 Å². The number of hydrogen-bond donors (Lipinski definition) is 0. The molecule has 0 saturated carbocycles. The zero-order chi connectivity index (χ0) is 59.2. The van der Waals surface area contributed by atoms with Gasteiger partial charge in [0.25, 0.3) is 0 Å². The standard InChI is InChI=1S/C76H136O6/c1-4-7-10-13-16-19-22-25-28-31-34-36-38-40-42-45-48-51-54-57-60-63-66-69-75(78)81-72-73(71-80-74(77)68-65-62-59-56-53-50-47-44-33-30-27-24-21-18-15-12-9-6-3)82-76(79)70-67-64-61-58-55-52-49-46-43-41-39-37-35-32-29-26-23-20-17-14-11-8-5-2/h7,10,16,19,23,25-26,28,32,34-36,73H,4-6,8-9,11-15,17-18,20-22,24,27,29-31,33,37-72H2,1-3H3/b10-7-,19-16-,26-23-,28-25-,35-32-,36-34-. The Morgan fingerprint density at radius 1 is 0.256 bits per heavy atom. The van der Waals surface area contributed by atoms with E-state index in [0.29, 0.717) is 19.3 Å². The first kappa shape index (κ1) is 78.8. The van der Waals surface area contributed by atoms with Crippen molar-refractivity contribution >= 4 is 17.9 Å². The monoisotopic (exact) mass is 1150 g/mol. The molecule has 0 aliphatic carbocycles. The summed E-state index contributed by atoms with van der Waals surface area (Å²) in [6, 6.07) is 0. The molecule has 1 unspecified atom stereocenters. The number of rotatable bonds is 66. The van der Waals surface area contributed by atoms with E-state index < -0.39 is 6.10 Å². The molecule has 82 heavy (non-hydrogen) atoms. The SMILES string of the molecule is CC/C=C\C/C=C\C/C=C\C/C=C\CCCCCCCCCCCCC(=O)OCC(COC(=O)CCCCCCCCCCCCCCCCCCCC)OC(=O)CCCCCCCCCCCCC/C=C\C/C=C\CCCCCCC. The van der Waals surface area contributed by atoms with E-state index in [1.54, 1.807) is 0 Å². The molecule has 0 aromatic carbocycles. The van der Waals surface area contributed by atoms with Crippen LogP contribution < -0.4 is 0 Å². The summed E-state index contributed by atoms with van der Waals surface area (Å²) in [6.07, 6.45) is 92.1. The zero-order valence-corrected chi connectivity index (χ0v) is 54.8. The fourth-order valence-electron chi connectivity index (χ4n) is 10.6. The van der Waals surface area contributed by atoms with E-state index in [1.807, 2.05) is 0 Å². The Morgan fingerprint density at radius 3 is 0.744 bits per heavy atom. The highest BCUT2D eigenvalue weighted by Gasteiger charge is 2.19. The maximum absolute atomic E-state index is 13.0. The third kappa shape index (κ3) is 67.6. The lowest BCUT2D eigenvalue weighted by molar-refractivity contribution is -0.167. The van der Waals surface area contributed by atoms with Crippen molar-refractivity contribution in [2.45, 2.75) is 380 Å². The Morgan fingerprint density at radius 2 is 0.476 bits per heavy atom. The average Bonchev–Trinajstić information content (AvgIpc) is 3.47. The number of carbonyl (C=O) groups excluding carboxylic acids is 3. The zero-order valence-electron chi connectivity index (χ0n) is 54.8. The van der Waals surface area contributed by atoms with Crippen molar-refractivity contribution in [1.29, 1.82) is 0 Å². The highest BCUT2D eigenvalue weighted by molar-refractivity contribution is 5.71. The van der Waals surface area contributed by atoms with E-state index in [9.17, 15) is 14.4 Å². The van der Waals surface area contributed by atoms with Crippen molar-refractivity contribution in [3.63, 3.8) is 0 Å². The van der Waals surface area contributed by atoms with Gasteiger partial charge < -0.3 is 14.2 Å². The maximum Gasteiger partial charge on any atom is 0.306 e. The van der Waals surface area contributed by atoms with Crippen LogP contribution in [0.5, 0.6) is 0 Å². The minimum absolute atomic E-state index is 0.0730. The van der Waals surface area contributed by atoms with E-state index in [2.05, 4.69) is 93.7 Å². The molecule has 0 saturated heterocycles. The van der Waals surface area contributed by atoms with Crippen LogP contribution in [0.3, 0.4) is 0 Å². The predicted octanol–water partition coefficient (Wildman–Crippen LogP) is 24.8. The largest absolute Gasteiger partial charge is 0.462 e. The second-order valence-electron chi connectivity index (χ2n) is 24.1. The van der Waals surface area contributed by atoms with Gasteiger partial charge in [-0.15, -0.1) is 0 Å². The summed E-state index contributed by atoms with van der Waals surface area (Å²) in [5.74, 6) is -0.855. The molecule has 0 rings (SSSR count). The Balaban J connectivity index is 4.35. The predicted molar refractivity (Wildman–Crippen MR) is 358 cm³/mol. The van der Waals surface area contributed by atoms with Crippen molar-refractivity contribution in [3.8, 4) is 0 Å². The molecule has 1 atom stereocenters. The molecule has 0 radical (unpaired) electrons. The van der Waals surface area contributed by atoms with E-state index in [4.69, 9.17) is 14.2 Å². The Bertz CT molecular complexity index is 1500. The minimum atomic E-state index is -0.779. The van der Waals surface area contributed by atoms with Gasteiger partial charge in [0.15, 0.2) is 6.10 Å². The number of carbonyl (C=O) groups is 3. The number of hydrogen-bond acceptors (Lipinski definition) is 6. The Kier molecular flexibility index (Phi) is 67.6. The van der Waals surface area contributed by atoms with Crippen molar-refractivity contribution in [1.82, 2.24) is 0 Å². The maximum atomic E-state index is 13.0. The van der Waals surface area contributed by atoms with E-state index in [0.717, 1.165) is 89.9 Å². The van der Waals surface area contributed by atoms with Gasteiger partial charge in [0, 0.05) is 19.3 Å². The summed E-state index contributed by atoms with van der Waals surface area (Å²) in [6.45, 7) is 6.58. The van der Waals surface area contributed by atoms with Crippen LogP contribution in [0.4, 0.5) is 0 Å². The van der Waals surface area contributed by atoms with E-state index >= 15 is 0 Å². The van der Waals surface area contributed by atoms with Gasteiger partial charge in [-0.05, 0) is 89.9 Å². The third-order valence-electron chi connectivity index (χ3n) is 15.9. The van der Waals surface area contributed by atoms with Gasteiger partial charge in [-0.2, -0.15) is 0 Å². The van der Waals surface area contributed by atoms with Crippen LogP contribution in [0.2, 0.25) is 0 Å². The molecule has 0 heterocycles. The van der Waals surface area contributed by atoms with Crippen molar-refractivity contribution in [2.75, 3.05) is 13.2 Å². The first-order valence-electron chi connectivity index (χ1n) is 35.9. The van der Waals surface area contributed by atoms with Crippen LogP contribution in [0.15, 0.2) is 72.9 Å². The molecule has 0 aliphatic rings. The molecule has 0 bridgehead atoms. The molecule has 0 N–H and O–H groups in total. The molecule has 0 aromatic rings. The van der Waals surface area contributed by atoms with Gasteiger partial charge >= 0.3 is 17.9 Å². The summed E-state index contributed by atoms with van der Waals surface area (Å²) in [5.41, 5.74) is 0. The Hall–Kier alpha value is -3.15. The molecular weight excluding hydrogens is 1010 g/mol. The minimum Gasteiger partial charge on any atom is -0.462 e. The van der Waals surface area contributed by atoms with Gasteiger partial charge in [-0.25, -0.2) is 0 Å². The van der Waals surface area contributed by atoms with Crippen molar-refractivity contribution in [2.24, 2.45) is 0 Å². The van der Waals surface area contributed by atoms with Crippen LogP contribution in [0, 0.1) is 0 Å². The summed E-state index contributed by atoms with van der Waals surface area (Å²) in [5, 5.41) is 0. The molecule has 6 nitrogen and oxygen atoms in total. The lowest BCUT2D eigenvalue weighted by atomic mass is 10.0. The highest BCUT2D eigenvalue weighted by Crippen LogP contribution is 2.18. The van der Waals surface area contributed by atoms with Gasteiger partial charge in [0.2, 0.25) is 0 Å². The lowest BCUT2D eigenvalue weighted by Gasteiger charge is -2.18. The number of esters is 3. The van der Waals surface area contributed by atoms with Gasteiger partial charge in [-0.3, -0.25) is 14.4 Å². The molecular formula is C76H136O6. The molecule has 0 amide bonds. The first-order chi connectivity index (χ1) is 40.5. The number of ether oxygens (including phenoxy) is 3. The van der Waals surface area contributed by atoms with Gasteiger partial charge in [0.1, 0.15) is 13.2 Å². The average molecular weight is 1150 g/mol. The smallest absolute Gasteiger partial charge is 0.306 e. The van der Waals surface area contributed by atoms with E-state index in [-0.39, 0.29) is 31.1 Å². The molecule has 0 aliphatic heterocycles.